The Morgan fingerprint density at radius 1 is 1.26 bits per heavy atom. The number of ether oxygens (including phenoxy) is 1. The van der Waals surface area contributed by atoms with E-state index in [0.29, 0.717) is 18.7 Å². The lowest BCUT2D eigenvalue weighted by atomic mass is 10.1. The van der Waals surface area contributed by atoms with Crippen LogP contribution in [0.5, 0.6) is 0 Å². The number of amides is 1. The zero-order valence-corrected chi connectivity index (χ0v) is 11.8. The summed E-state index contributed by atoms with van der Waals surface area (Å²) in [7, 11) is 1.36. The Morgan fingerprint density at radius 2 is 1.89 bits per heavy atom. The molecule has 0 spiro atoms. The molecule has 1 aromatic rings. The van der Waals surface area contributed by atoms with Gasteiger partial charge in [-0.3, -0.25) is 9.59 Å². The molecule has 0 aliphatic rings. The highest BCUT2D eigenvalue weighted by atomic mass is 16.5. The Hall–Kier alpha value is -1.84. The van der Waals surface area contributed by atoms with Gasteiger partial charge in [0.25, 0.3) is 5.91 Å². The van der Waals surface area contributed by atoms with Gasteiger partial charge in [0.15, 0.2) is 0 Å². The second-order valence-corrected chi connectivity index (χ2v) is 4.54. The highest BCUT2D eigenvalue weighted by molar-refractivity contribution is 5.94. The number of rotatable bonds is 6. The van der Waals surface area contributed by atoms with Crippen molar-refractivity contribution < 1.29 is 14.3 Å². The van der Waals surface area contributed by atoms with Crippen LogP contribution in [0.15, 0.2) is 30.3 Å². The number of esters is 1. The fraction of sp³-hybridized carbons (Fsp3) is 0.467. The smallest absolute Gasteiger partial charge is 0.310 e. The second kappa shape index (κ2) is 7.56. The lowest BCUT2D eigenvalue weighted by Crippen LogP contribution is -2.37. The first kappa shape index (κ1) is 15.2. The van der Waals surface area contributed by atoms with Gasteiger partial charge in [-0.15, -0.1) is 0 Å². The minimum absolute atomic E-state index is 0.0433. The molecule has 19 heavy (non-hydrogen) atoms. The number of hydrogen-bond acceptors (Lipinski definition) is 3. The molecule has 1 aromatic carbocycles. The summed E-state index contributed by atoms with van der Waals surface area (Å²) in [4.78, 5) is 25.5. The lowest BCUT2D eigenvalue weighted by Gasteiger charge is -2.24. The molecule has 0 aromatic heterocycles. The van der Waals surface area contributed by atoms with Crippen LogP contribution in [0.4, 0.5) is 0 Å². The van der Waals surface area contributed by atoms with E-state index in [0.717, 1.165) is 6.42 Å². The highest BCUT2D eigenvalue weighted by Gasteiger charge is 2.21. The van der Waals surface area contributed by atoms with Crippen molar-refractivity contribution in [3.63, 3.8) is 0 Å². The van der Waals surface area contributed by atoms with Gasteiger partial charge in [0.1, 0.15) is 0 Å². The average molecular weight is 263 g/mol. The number of carbonyl (C=O) groups excluding carboxylic acids is 2. The standard InChI is InChI=1S/C15H21NO3/c1-4-10-16(11-12(2)15(18)19-3)14(17)13-8-6-5-7-9-13/h5-9,12H,4,10-11H2,1-3H3. The van der Waals surface area contributed by atoms with Crippen LogP contribution in [-0.2, 0) is 9.53 Å². The Balaban J connectivity index is 2.77. The average Bonchev–Trinajstić information content (AvgIpc) is 2.45. The molecule has 0 heterocycles. The molecule has 1 unspecified atom stereocenters. The molecule has 1 rings (SSSR count). The Kier molecular flexibility index (Phi) is 6.06. The van der Waals surface area contributed by atoms with E-state index in [-0.39, 0.29) is 17.8 Å². The summed E-state index contributed by atoms with van der Waals surface area (Å²) in [5, 5.41) is 0. The Morgan fingerprint density at radius 3 is 2.42 bits per heavy atom. The van der Waals surface area contributed by atoms with Crippen LogP contribution in [0.3, 0.4) is 0 Å². The summed E-state index contributed by atoms with van der Waals surface area (Å²) >= 11 is 0. The van der Waals surface area contributed by atoms with Gasteiger partial charge in [-0.2, -0.15) is 0 Å². The van der Waals surface area contributed by atoms with Crippen molar-refractivity contribution in [1.82, 2.24) is 4.90 Å². The molecule has 0 fully saturated rings. The molecule has 0 aliphatic heterocycles. The van der Waals surface area contributed by atoms with Gasteiger partial charge in [-0.05, 0) is 18.6 Å². The Bertz CT molecular complexity index is 417. The predicted octanol–water partition coefficient (Wildman–Crippen LogP) is 2.35. The van der Waals surface area contributed by atoms with Crippen molar-refractivity contribution in [1.29, 1.82) is 0 Å². The van der Waals surface area contributed by atoms with Crippen LogP contribution >= 0.6 is 0 Å². The summed E-state index contributed by atoms with van der Waals surface area (Å²) < 4.78 is 4.70. The molecule has 0 saturated carbocycles. The van der Waals surface area contributed by atoms with Gasteiger partial charge >= 0.3 is 5.97 Å². The fourth-order valence-electron chi connectivity index (χ4n) is 1.92. The molecule has 0 saturated heterocycles. The van der Waals surface area contributed by atoms with Gasteiger partial charge in [0, 0.05) is 18.7 Å². The van der Waals surface area contributed by atoms with Crippen molar-refractivity contribution in [2.24, 2.45) is 5.92 Å². The third kappa shape index (κ3) is 4.39. The summed E-state index contributed by atoms with van der Waals surface area (Å²) in [6.07, 6.45) is 0.854. The van der Waals surface area contributed by atoms with Crippen LogP contribution in [-0.4, -0.2) is 37.0 Å². The third-order valence-corrected chi connectivity index (χ3v) is 2.90. The molecule has 0 radical (unpaired) electrons. The van der Waals surface area contributed by atoms with E-state index in [1.165, 1.54) is 7.11 Å². The van der Waals surface area contributed by atoms with E-state index in [2.05, 4.69) is 0 Å². The molecule has 0 bridgehead atoms. The maximum atomic E-state index is 12.4. The first-order valence-corrected chi connectivity index (χ1v) is 6.52. The van der Waals surface area contributed by atoms with Crippen LogP contribution in [0.2, 0.25) is 0 Å². The van der Waals surface area contributed by atoms with Crippen molar-refractivity contribution >= 4 is 11.9 Å². The molecule has 4 heteroatoms. The zero-order chi connectivity index (χ0) is 14.3. The first-order chi connectivity index (χ1) is 9.10. The van der Waals surface area contributed by atoms with Gasteiger partial charge in [-0.1, -0.05) is 32.0 Å². The van der Waals surface area contributed by atoms with Gasteiger partial charge in [0.2, 0.25) is 0 Å². The molecule has 0 aliphatic carbocycles. The van der Waals surface area contributed by atoms with Gasteiger partial charge in [0.05, 0.1) is 13.0 Å². The molecular formula is C15H21NO3. The first-order valence-electron chi connectivity index (χ1n) is 6.52. The van der Waals surface area contributed by atoms with Crippen LogP contribution in [0.1, 0.15) is 30.6 Å². The summed E-state index contributed by atoms with van der Waals surface area (Å²) in [6, 6.07) is 9.11. The molecule has 0 N–H and O–H groups in total. The van der Waals surface area contributed by atoms with Crippen molar-refractivity contribution in [3.8, 4) is 0 Å². The topological polar surface area (TPSA) is 46.6 Å². The normalized spacial score (nSPS) is 11.7. The molecule has 4 nitrogen and oxygen atoms in total. The molecular weight excluding hydrogens is 242 g/mol. The number of benzene rings is 1. The number of hydrogen-bond donors (Lipinski definition) is 0. The minimum atomic E-state index is -0.316. The van der Waals surface area contributed by atoms with Gasteiger partial charge in [-0.25, -0.2) is 0 Å². The number of carbonyl (C=O) groups is 2. The maximum Gasteiger partial charge on any atom is 0.310 e. The minimum Gasteiger partial charge on any atom is -0.469 e. The monoisotopic (exact) mass is 263 g/mol. The molecule has 104 valence electrons. The van der Waals surface area contributed by atoms with Gasteiger partial charge < -0.3 is 9.64 Å². The fourth-order valence-corrected chi connectivity index (χ4v) is 1.92. The lowest BCUT2D eigenvalue weighted by molar-refractivity contribution is -0.145. The van der Waals surface area contributed by atoms with Crippen LogP contribution in [0, 0.1) is 5.92 Å². The third-order valence-electron chi connectivity index (χ3n) is 2.90. The van der Waals surface area contributed by atoms with Crippen molar-refractivity contribution in [2.75, 3.05) is 20.2 Å². The molecule has 1 atom stereocenters. The Labute approximate surface area is 114 Å². The van der Waals surface area contributed by atoms with E-state index >= 15 is 0 Å². The summed E-state index contributed by atoms with van der Waals surface area (Å²) in [6.45, 7) is 4.80. The van der Waals surface area contributed by atoms with Crippen molar-refractivity contribution in [2.45, 2.75) is 20.3 Å². The largest absolute Gasteiger partial charge is 0.469 e. The quantitative estimate of drug-likeness (QED) is 0.740. The van der Waals surface area contributed by atoms with Crippen LogP contribution in [0.25, 0.3) is 0 Å². The summed E-state index contributed by atoms with van der Waals surface area (Å²) in [5.41, 5.74) is 0.646. The van der Waals surface area contributed by atoms with E-state index in [1.54, 1.807) is 24.0 Å². The van der Waals surface area contributed by atoms with E-state index in [4.69, 9.17) is 4.74 Å². The SMILES string of the molecule is CCCN(CC(C)C(=O)OC)C(=O)c1ccccc1. The zero-order valence-electron chi connectivity index (χ0n) is 11.8. The van der Waals surface area contributed by atoms with E-state index < -0.39 is 0 Å². The number of nitrogens with zero attached hydrogens (tertiary/aromatic N) is 1. The van der Waals surface area contributed by atoms with E-state index in [1.807, 2.05) is 25.1 Å². The predicted molar refractivity (Wildman–Crippen MR) is 73.8 cm³/mol. The van der Waals surface area contributed by atoms with E-state index in [9.17, 15) is 9.59 Å². The van der Waals surface area contributed by atoms with Crippen molar-refractivity contribution in [3.05, 3.63) is 35.9 Å². The molecule has 1 amide bonds. The number of methoxy groups -OCH3 is 1. The maximum absolute atomic E-state index is 12.4. The highest BCUT2D eigenvalue weighted by Crippen LogP contribution is 2.09. The second-order valence-electron chi connectivity index (χ2n) is 4.54. The summed E-state index contributed by atoms with van der Waals surface area (Å²) in [5.74, 6) is -0.649. The van der Waals surface area contributed by atoms with Crippen LogP contribution < -0.4 is 0 Å².